The molecule has 0 bridgehead atoms. The molecule has 9 heteroatoms. The van der Waals surface area contributed by atoms with Crippen molar-refractivity contribution in [2.45, 2.75) is 33.2 Å². The predicted octanol–water partition coefficient (Wildman–Crippen LogP) is 2.43. The molecule has 9 nitrogen and oxygen atoms in total. The summed E-state index contributed by atoms with van der Waals surface area (Å²) in [7, 11) is 4.02. The minimum Gasteiger partial charge on any atom is -0.378 e. The van der Waals surface area contributed by atoms with Crippen LogP contribution in [0.5, 0.6) is 0 Å². The maximum atomic E-state index is 12.5. The normalized spacial score (nSPS) is 13.7. The van der Waals surface area contributed by atoms with Gasteiger partial charge >= 0.3 is 0 Å². The lowest BCUT2D eigenvalue weighted by atomic mass is 10.1. The van der Waals surface area contributed by atoms with Gasteiger partial charge in [0, 0.05) is 57.6 Å². The molecule has 0 spiro atoms. The third-order valence-electron chi connectivity index (χ3n) is 6.18. The van der Waals surface area contributed by atoms with E-state index >= 15 is 0 Å². The van der Waals surface area contributed by atoms with Gasteiger partial charge in [-0.3, -0.25) is 4.79 Å². The highest BCUT2D eigenvalue weighted by atomic mass is 16.5. The maximum absolute atomic E-state index is 12.5. The summed E-state index contributed by atoms with van der Waals surface area (Å²) in [4.78, 5) is 25.6. The summed E-state index contributed by atoms with van der Waals surface area (Å²) in [6.07, 6.45) is 2.62. The van der Waals surface area contributed by atoms with Gasteiger partial charge in [-0.2, -0.15) is 5.10 Å². The van der Waals surface area contributed by atoms with Crippen molar-refractivity contribution in [3.05, 3.63) is 59.2 Å². The van der Waals surface area contributed by atoms with E-state index in [1.54, 1.807) is 6.33 Å². The molecule has 1 aliphatic heterocycles. The second kappa shape index (κ2) is 10.6. The molecule has 1 N–H and O–H groups in total. The molecule has 1 saturated heterocycles. The summed E-state index contributed by atoms with van der Waals surface area (Å²) >= 11 is 0. The van der Waals surface area contributed by atoms with Crippen molar-refractivity contribution in [1.29, 1.82) is 0 Å². The van der Waals surface area contributed by atoms with Crippen LogP contribution in [0.15, 0.2) is 36.7 Å². The first-order valence-electron chi connectivity index (χ1n) is 11.7. The highest BCUT2D eigenvalue weighted by Crippen LogP contribution is 2.21. The van der Waals surface area contributed by atoms with Gasteiger partial charge in [0.2, 0.25) is 5.91 Å². The van der Waals surface area contributed by atoms with E-state index in [2.05, 4.69) is 37.2 Å². The number of carbonyl (C=O) groups is 1. The van der Waals surface area contributed by atoms with Crippen molar-refractivity contribution in [2.75, 3.05) is 50.2 Å². The van der Waals surface area contributed by atoms with E-state index in [0.717, 1.165) is 52.9 Å². The van der Waals surface area contributed by atoms with Gasteiger partial charge in [-0.1, -0.05) is 12.1 Å². The SMILES string of the molecule is Cc1nn(-c2cc(N3CCOCC3)ncn2)c(C)c1CCC(=O)NCc1ccc(N(C)C)cc1. The molecule has 3 heterocycles. The summed E-state index contributed by atoms with van der Waals surface area (Å²) in [5, 5.41) is 7.73. The summed E-state index contributed by atoms with van der Waals surface area (Å²) in [6, 6.07) is 10.2. The van der Waals surface area contributed by atoms with Gasteiger partial charge in [-0.05, 0) is 43.5 Å². The Morgan fingerprint density at radius 1 is 1.09 bits per heavy atom. The predicted molar refractivity (Wildman–Crippen MR) is 133 cm³/mol. The molecular formula is C25H33N7O2. The number of hydrogen-bond acceptors (Lipinski definition) is 7. The molecule has 3 aromatic rings. The molecular weight excluding hydrogens is 430 g/mol. The van der Waals surface area contributed by atoms with Crippen LogP contribution in [0.1, 0.15) is 28.9 Å². The zero-order valence-corrected chi connectivity index (χ0v) is 20.4. The Morgan fingerprint density at radius 3 is 2.50 bits per heavy atom. The van der Waals surface area contributed by atoms with Gasteiger partial charge < -0.3 is 19.9 Å². The van der Waals surface area contributed by atoms with Crippen LogP contribution in [0.3, 0.4) is 0 Å². The Bertz CT molecular complexity index is 1120. The Kier molecular flexibility index (Phi) is 7.42. The highest BCUT2D eigenvalue weighted by molar-refractivity contribution is 5.76. The quantitative estimate of drug-likeness (QED) is 0.549. The largest absolute Gasteiger partial charge is 0.378 e. The number of nitrogens with one attached hydrogen (secondary N) is 1. The number of benzene rings is 1. The van der Waals surface area contributed by atoms with E-state index in [0.29, 0.717) is 32.6 Å². The minimum atomic E-state index is 0.0277. The van der Waals surface area contributed by atoms with Crippen molar-refractivity contribution in [3.8, 4) is 5.82 Å². The Balaban J connectivity index is 1.37. The minimum absolute atomic E-state index is 0.0277. The Labute approximate surface area is 200 Å². The number of ether oxygens (including phenoxy) is 1. The molecule has 0 atom stereocenters. The van der Waals surface area contributed by atoms with Crippen LogP contribution in [-0.2, 0) is 22.5 Å². The van der Waals surface area contributed by atoms with Gasteiger partial charge in [0.25, 0.3) is 0 Å². The van der Waals surface area contributed by atoms with Crippen LogP contribution in [0, 0.1) is 13.8 Å². The first-order chi connectivity index (χ1) is 16.4. The average Bonchev–Trinajstić information content (AvgIpc) is 3.15. The van der Waals surface area contributed by atoms with Crippen LogP contribution in [0.2, 0.25) is 0 Å². The number of aryl methyl sites for hydroxylation is 1. The fraction of sp³-hybridized carbons (Fsp3) is 0.440. The van der Waals surface area contributed by atoms with Gasteiger partial charge in [0.15, 0.2) is 5.82 Å². The van der Waals surface area contributed by atoms with Crippen molar-refractivity contribution in [3.63, 3.8) is 0 Å². The van der Waals surface area contributed by atoms with E-state index in [9.17, 15) is 4.79 Å². The monoisotopic (exact) mass is 463 g/mol. The number of anilines is 2. The second-order valence-corrected chi connectivity index (χ2v) is 8.73. The standard InChI is InChI=1S/C25H33N7O2/c1-18-22(9-10-25(33)26-16-20-5-7-21(8-6-20)30(3)4)19(2)32(29-18)24-15-23(27-17-28-24)31-11-13-34-14-12-31/h5-8,15,17H,9-14,16H2,1-4H3,(H,26,33). The molecule has 34 heavy (non-hydrogen) atoms. The third-order valence-corrected chi connectivity index (χ3v) is 6.18. The van der Waals surface area contributed by atoms with E-state index in [-0.39, 0.29) is 5.91 Å². The second-order valence-electron chi connectivity index (χ2n) is 8.73. The molecule has 180 valence electrons. The van der Waals surface area contributed by atoms with Crippen molar-refractivity contribution >= 4 is 17.4 Å². The number of rotatable bonds is 8. The van der Waals surface area contributed by atoms with Gasteiger partial charge in [-0.15, -0.1) is 0 Å². The molecule has 0 aliphatic carbocycles. The maximum Gasteiger partial charge on any atom is 0.220 e. The first-order valence-corrected chi connectivity index (χ1v) is 11.7. The Morgan fingerprint density at radius 2 is 1.79 bits per heavy atom. The van der Waals surface area contributed by atoms with E-state index in [1.165, 1.54) is 0 Å². The molecule has 0 radical (unpaired) electrons. The lowest BCUT2D eigenvalue weighted by Gasteiger charge is -2.27. The van der Waals surface area contributed by atoms with Crippen LogP contribution in [0.25, 0.3) is 5.82 Å². The van der Waals surface area contributed by atoms with Gasteiger partial charge in [-0.25, -0.2) is 14.6 Å². The first kappa shape index (κ1) is 23.7. The number of morpholine rings is 1. The molecule has 1 aliphatic rings. The van der Waals surface area contributed by atoms with Gasteiger partial charge in [0.1, 0.15) is 12.1 Å². The summed E-state index contributed by atoms with van der Waals surface area (Å²) in [5.74, 6) is 1.63. The van der Waals surface area contributed by atoms with Crippen LogP contribution >= 0.6 is 0 Å². The van der Waals surface area contributed by atoms with Gasteiger partial charge in [0.05, 0.1) is 18.9 Å². The summed E-state index contributed by atoms with van der Waals surface area (Å²) < 4.78 is 7.29. The molecule has 4 rings (SSSR count). The van der Waals surface area contributed by atoms with E-state index in [1.807, 2.05) is 50.8 Å². The smallest absolute Gasteiger partial charge is 0.220 e. The van der Waals surface area contributed by atoms with Crippen molar-refractivity contribution < 1.29 is 9.53 Å². The van der Waals surface area contributed by atoms with Crippen molar-refractivity contribution in [1.82, 2.24) is 25.1 Å². The number of aromatic nitrogens is 4. The topological polar surface area (TPSA) is 88.4 Å². The Hall–Kier alpha value is -3.46. The molecule has 1 aromatic carbocycles. The number of nitrogens with zero attached hydrogens (tertiary/aromatic N) is 6. The fourth-order valence-corrected chi connectivity index (χ4v) is 4.12. The number of hydrogen-bond donors (Lipinski definition) is 1. The highest BCUT2D eigenvalue weighted by Gasteiger charge is 2.17. The number of amides is 1. The summed E-state index contributed by atoms with van der Waals surface area (Å²) in [6.45, 7) is 7.55. The third kappa shape index (κ3) is 5.53. The molecule has 1 fully saturated rings. The average molecular weight is 464 g/mol. The lowest BCUT2D eigenvalue weighted by molar-refractivity contribution is -0.121. The zero-order chi connectivity index (χ0) is 24.1. The summed E-state index contributed by atoms with van der Waals surface area (Å²) in [5.41, 5.74) is 5.21. The van der Waals surface area contributed by atoms with E-state index in [4.69, 9.17) is 9.84 Å². The van der Waals surface area contributed by atoms with E-state index < -0.39 is 0 Å². The molecule has 0 saturated carbocycles. The van der Waals surface area contributed by atoms with Crippen LogP contribution in [-0.4, -0.2) is 66.1 Å². The zero-order valence-electron chi connectivity index (χ0n) is 20.4. The molecule has 0 unspecified atom stereocenters. The fourth-order valence-electron chi connectivity index (χ4n) is 4.12. The lowest BCUT2D eigenvalue weighted by Crippen LogP contribution is -2.36. The van der Waals surface area contributed by atoms with Crippen molar-refractivity contribution in [2.24, 2.45) is 0 Å². The van der Waals surface area contributed by atoms with Crippen LogP contribution < -0.4 is 15.1 Å². The molecule has 1 amide bonds. The van der Waals surface area contributed by atoms with Crippen LogP contribution in [0.4, 0.5) is 11.5 Å². The number of carbonyl (C=O) groups excluding carboxylic acids is 1. The molecule has 2 aromatic heterocycles.